The molecule has 30 heavy (non-hydrogen) atoms. The van der Waals surface area contributed by atoms with Crippen molar-refractivity contribution in [1.29, 1.82) is 0 Å². The molecule has 152 valence electrons. The highest BCUT2D eigenvalue weighted by molar-refractivity contribution is 5.99. The van der Waals surface area contributed by atoms with Gasteiger partial charge in [-0.2, -0.15) is 0 Å². The van der Waals surface area contributed by atoms with Gasteiger partial charge in [-0.05, 0) is 49.2 Å². The van der Waals surface area contributed by atoms with Gasteiger partial charge in [0.2, 0.25) is 0 Å². The van der Waals surface area contributed by atoms with Crippen LogP contribution in [0.2, 0.25) is 0 Å². The minimum Gasteiger partial charge on any atom is -0.494 e. The Balaban J connectivity index is 1.50. The average Bonchev–Trinajstić information content (AvgIpc) is 2.78. The maximum Gasteiger partial charge on any atom is 0.250 e. The van der Waals surface area contributed by atoms with Crippen molar-refractivity contribution in [3.63, 3.8) is 0 Å². The first kappa shape index (κ1) is 19.8. The first-order valence-corrected chi connectivity index (χ1v) is 10.2. The van der Waals surface area contributed by atoms with Crippen LogP contribution in [0.15, 0.2) is 72.3 Å². The van der Waals surface area contributed by atoms with E-state index in [-0.39, 0.29) is 12.5 Å². The third-order valence-corrected chi connectivity index (χ3v) is 5.11. The van der Waals surface area contributed by atoms with E-state index in [1.807, 2.05) is 49.4 Å². The average molecular weight is 399 g/mol. The zero-order valence-electron chi connectivity index (χ0n) is 17.3. The molecule has 4 heteroatoms. The molecule has 0 fully saturated rings. The molecule has 0 radical (unpaired) electrons. The van der Waals surface area contributed by atoms with E-state index in [4.69, 9.17) is 9.47 Å². The SMILES string of the molecule is CCOc1ccccc1CNC(=O)C1=Cc2cc(-c3ccc(C)cc3)ccc2OC1. The molecule has 0 spiro atoms. The topological polar surface area (TPSA) is 47.6 Å². The van der Waals surface area contributed by atoms with Crippen LogP contribution in [0.25, 0.3) is 17.2 Å². The zero-order chi connectivity index (χ0) is 20.9. The highest BCUT2D eigenvalue weighted by atomic mass is 16.5. The minimum absolute atomic E-state index is 0.132. The lowest BCUT2D eigenvalue weighted by Gasteiger charge is -2.19. The summed E-state index contributed by atoms with van der Waals surface area (Å²) in [6.45, 7) is 5.27. The van der Waals surface area contributed by atoms with Crippen molar-refractivity contribution >= 4 is 12.0 Å². The Morgan fingerprint density at radius 3 is 2.60 bits per heavy atom. The maximum absolute atomic E-state index is 12.7. The molecule has 1 amide bonds. The summed E-state index contributed by atoms with van der Waals surface area (Å²) >= 11 is 0. The Kier molecular flexibility index (Phi) is 5.84. The second-order valence-electron chi connectivity index (χ2n) is 7.30. The summed E-state index contributed by atoms with van der Waals surface area (Å²) in [5, 5.41) is 2.98. The van der Waals surface area contributed by atoms with Crippen molar-refractivity contribution in [2.75, 3.05) is 13.2 Å². The van der Waals surface area contributed by atoms with Gasteiger partial charge in [0.05, 0.1) is 12.2 Å². The van der Waals surface area contributed by atoms with Gasteiger partial charge in [0.15, 0.2) is 0 Å². The number of carbonyl (C=O) groups excluding carboxylic acids is 1. The molecule has 0 unspecified atom stereocenters. The van der Waals surface area contributed by atoms with Crippen LogP contribution in [0.3, 0.4) is 0 Å². The normalized spacial score (nSPS) is 12.4. The summed E-state index contributed by atoms with van der Waals surface area (Å²) in [5.74, 6) is 1.46. The predicted octanol–water partition coefficient (Wildman–Crippen LogP) is 5.15. The van der Waals surface area contributed by atoms with Crippen molar-refractivity contribution < 1.29 is 14.3 Å². The molecule has 3 aromatic rings. The van der Waals surface area contributed by atoms with E-state index < -0.39 is 0 Å². The van der Waals surface area contributed by atoms with E-state index in [1.165, 1.54) is 5.56 Å². The lowest BCUT2D eigenvalue weighted by molar-refractivity contribution is -0.117. The minimum atomic E-state index is -0.132. The Morgan fingerprint density at radius 2 is 1.80 bits per heavy atom. The molecular weight excluding hydrogens is 374 g/mol. The van der Waals surface area contributed by atoms with Gasteiger partial charge in [-0.1, -0.05) is 54.1 Å². The van der Waals surface area contributed by atoms with Crippen molar-refractivity contribution in [2.24, 2.45) is 0 Å². The molecule has 0 aliphatic carbocycles. The Bertz CT molecular complexity index is 1080. The standard InChI is InChI=1S/C26H25NO3/c1-3-29-24-7-5-4-6-21(24)16-27-26(28)23-15-22-14-20(12-13-25(22)30-17-23)19-10-8-18(2)9-11-19/h4-15H,3,16-17H2,1-2H3,(H,27,28). The third-order valence-electron chi connectivity index (χ3n) is 5.11. The zero-order valence-corrected chi connectivity index (χ0v) is 17.3. The van der Waals surface area contributed by atoms with E-state index in [9.17, 15) is 4.79 Å². The van der Waals surface area contributed by atoms with Crippen LogP contribution in [0.1, 0.15) is 23.6 Å². The predicted molar refractivity (Wildman–Crippen MR) is 120 cm³/mol. The number of nitrogens with one attached hydrogen (secondary N) is 1. The molecule has 1 aliphatic rings. The van der Waals surface area contributed by atoms with Crippen LogP contribution in [0.4, 0.5) is 0 Å². The fourth-order valence-electron chi connectivity index (χ4n) is 3.47. The number of aryl methyl sites for hydroxylation is 1. The lowest BCUT2D eigenvalue weighted by atomic mass is 9.99. The molecule has 1 N–H and O–H groups in total. The van der Waals surface area contributed by atoms with Gasteiger partial charge in [-0.25, -0.2) is 0 Å². The largest absolute Gasteiger partial charge is 0.494 e. The molecule has 0 bridgehead atoms. The summed E-state index contributed by atoms with van der Waals surface area (Å²) in [6.07, 6.45) is 1.92. The van der Waals surface area contributed by atoms with Gasteiger partial charge < -0.3 is 14.8 Å². The van der Waals surface area contributed by atoms with Gasteiger partial charge in [0.1, 0.15) is 18.1 Å². The van der Waals surface area contributed by atoms with Crippen molar-refractivity contribution in [2.45, 2.75) is 20.4 Å². The van der Waals surface area contributed by atoms with E-state index in [1.54, 1.807) is 0 Å². The third kappa shape index (κ3) is 4.38. The summed E-state index contributed by atoms with van der Waals surface area (Å²) in [5.41, 5.74) is 5.94. The Labute approximate surface area is 177 Å². The van der Waals surface area contributed by atoms with Gasteiger partial charge in [-0.3, -0.25) is 4.79 Å². The molecule has 0 atom stereocenters. The van der Waals surface area contributed by atoms with Crippen LogP contribution < -0.4 is 14.8 Å². The Morgan fingerprint density at radius 1 is 1.03 bits per heavy atom. The quantitative estimate of drug-likeness (QED) is 0.623. The molecule has 4 nitrogen and oxygen atoms in total. The Hall–Kier alpha value is -3.53. The molecule has 4 rings (SSSR count). The summed E-state index contributed by atoms with van der Waals surface area (Å²) < 4.78 is 11.5. The van der Waals surface area contributed by atoms with Crippen molar-refractivity contribution in [1.82, 2.24) is 5.32 Å². The number of ether oxygens (including phenoxy) is 2. The fraction of sp³-hybridized carbons (Fsp3) is 0.192. The van der Waals surface area contributed by atoms with Crippen LogP contribution >= 0.6 is 0 Å². The number of carbonyl (C=O) groups is 1. The number of hydrogen-bond donors (Lipinski definition) is 1. The first-order valence-electron chi connectivity index (χ1n) is 10.2. The van der Waals surface area contributed by atoms with Gasteiger partial charge in [0, 0.05) is 17.7 Å². The highest BCUT2D eigenvalue weighted by Gasteiger charge is 2.18. The fourth-order valence-corrected chi connectivity index (χ4v) is 3.47. The molecule has 3 aromatic carbocycles. The first-order chi connectivity index (χ1) is 14.6. The van der Waals surface area contributed by atoms with Crippen LogP contribution in [0, 0.1) is 6.92 Å². The number of para-hydroxylation sites is 1. The monoisotopic (exact) mass is 399 g/mol. The number of rotatable bonds is 6. The lowest BCUT2D eigenvalue weighted by Crippen LogP contribution is -2.28. The molecular formula is C26H25NO3. The summed E-state index contributed by atoms with van der Waals surface area (Å²) in [7, 11) is 0. The van der Waals surface area contributed by atoms with Gasteiger partial charge in [-0.15, -0.1) is 0 Å². The second kappa shape index (κ2) is 8.87. The molecule has 0 saturated carbocycles. The number of benzene rings is 3. The molecule has 1 heterocycles. The van der Waals surface area contributed by atoms with E-state index >= 15 is 0 Å². The van der Waals surface area contributed by atoms with Crippen LogP contribution in [0.5, 0.6) is 11.5 Å². The van der Waals surface area contributed by atoms with E-state index in [0.29, 0.717) is 18.7 Å². The number of amides is 1. The van der Waals surface area contributed by atoms with E-state index in [2.05, 4.69) is 42.6 Å². The number of hydrogen-bond acceptors (Lipinski definition) is 3. The molecule has 1 aliphatic heterocycles. The smallest absolute Gasteiger partial charge is 0.250 e. The maximum atomic E-state index is 12.7. The van der Waals surface area contributed by atoms with Crippen LogP contribution in [-0.2, 0) is 11.3 Å². The van der Waals surface area contributed by atoms with Crippen LogP contribution in [-0.4, -0.2) is 19.1 Å². The van der Waals surface area contributed by atoms with Gasteiger partial charge >= 0.3 is 0 Å². The number of fused-ring (bicyclic) bond motifs is 1. The summed E-state index contributed by atoms with van der Waals surface area (Å²) in [4.78, 5) is 12.7. The van der Waals surface area contributed by atoms with Gasteiger partial charge in [0.25, 0.3) is 5.91 Å². The van der Waals surface area contributed by atoms with Crippen molar-refractivity contribution in [3.8, 4) is 22.6 Å². The molecule has 0 saturated heterocycles. The van der Waals surface area contributed by atoms with Crippen molar-refractivity contribution in [3.05, 3.63) is 89.0 Å². The van der Waals surface area contributed by atoms with E-state index in [0.717, 1.165) is 33.8 Å². The summed E-state index contributed by atoms with van der Waals surface area (Å²) in [6, 6.07) is 22.2. The highest BCUT2D eigenvalue weighted by Crippen LogP contribution is 2.31. The molecule has 0 aromatic heterocycles. The second-order valence-corrected chi connectivity index (χ2v) is 7.30.